The van der Waals surface area contributed by atoms with Crippen molar-refractivity contribution in [2.24, 2.45) is 17.8 Å². The summed E-state index contributed by atoms with van der Waals surface area (Å²) in [4.78, 5) is 1.28. The Morgan fingerprint density at radius 2 is 2.19 bits per heavy atom. The van der Waals surface area contributed by atoms with Gasteiger partial charge in [-0.3, -0.25) is 0 Å². The first-order valence-corrected chi connectivity index (χ1v) is 7.68. The van der Waals surface area contributed by atoms with Crippen LogP contribution in [0.1, 0.15) is 41.5 Å². The molecule has 4 atom stereocenters. The zero-order valence-electron chi connectivity index (χ0n) is 9.38. The Balaban J connectivity index is 1.80. The Hall–Kier alpha value is 0.280. The molecule has 0 aliphatic heterocycles. The average Bonchev–Trinajstić information content (AvgIpc) is 2.94. The maximum atomic E-state index is 6.64. The van der Waals surface area contributed by atoms with Gasteiger partial charge in [0.2, 0.25) is 0 Å². The topological polar surface area (TPSA) is 0 Å². The second-order valence-corrected chi connectivity index (χ2v) is 7.50. The third-order valence-electron chi connectivity index (χ3n) is 4.32. The Kier molecular flexibility index (Phi) is 2.98. The van der Waals surface area contributed by atoms with Crippen LogP contribution in [0, 0.1) is 24.7 Å². The lowest BCUT2D eigenvalue weighted by Crippen LogP contribution is -2.15. The molecule has 0 N–H and O–H groups in total. The van der Waals surface area contributed by atoms with Crippen molar-refractivity contribution in [3.63, 3.8) is 0 Å². The van der Waals surface area contributed by atoms with Crippen molar-refractivity contribution < 1.29 is 0 Å². The molecule has 0 nitrogen and oxygen atoms in total. The van der Waals surface area contributed by atoms with E-state index in [-0.39, 0.29) is 5.38 Å². The highest BCUT2D eigenvalue weighted by molar-refractivity contribution is 7.16. The molecule has 2 aliphatic carbocycles. The monoisotopic (exact) mass is 274 g/mol. The Labute approximate surface area is 111 Å². The van der Waals surface area contributed by atoms with Gasteiger partial charge in [-0.25, -0.2) is 0 Å². The Morgan fingerprint density at radius 1 is 1.38 bits per heavy atom. The SMILES string of the molecule is Cc1cc(C(Cl)C2CC3CCC2C3)sc1Cl. The molecule has 4 unspecified atom stereocenters. The number of rotatable bonds is 2. The highest BCUT2D eigenvalue weighted by Crippen LogP contribution is 2.55. The van der Waals surface area contributed by atoms with E-state index in [9.17, 15) is 0 Å². The van der Waals surface area contributed by atoms with Crippen molar-refractivity contribution >= 4 is 34.5 Å². The van der Waals surface area contributed by atoms with Crippen LogP contribution < -0.4 is 0 Å². The van der Waals surface area contributed by atoms with E-state index in [1.54, 1.807) is 11.3 Å². The van der Waals surface area contributed by atoms with Crippen molar-refractivity contribution in [2.45, 2.75) is 38.0 Å². The fraction of sp³-hybridized carbons (Fsp3) is 0.692. The molecule has 0 aromatic carbocycles. The molecule has 1 aromatic heterocycles. The zero-order chi connectivity index (χ0) is 11.3. The molecule has 2 bridgehead atoms. The number of aryl methyl sites for hydroxylation is 1. The summed E-state index contributed by atoms with van der Waals surface area (Å²) in [5, 5.41) is 0.200. The van der Waals surface area contributed by atoms with Crippen LogP contribution >= 0.6 is 34.5 Å². The van der Waals surface area contributed by atoms with Gasteiger partial charge in [0.25, 0.3) is 0 Å². The molecule has 16 heavy (non-hydrogen) atoms. The van der Waals surface area contributed by atoms with Crippen LogP contribution in [-0.4, -0.2) is 0 Å². The van der Waals surface area contributed by atoms with Crippen molar-refractivity contribution in [2.75, 3.05) is 0 Å². The van der Waals surface area contributed by atoms with Gasteiger partial charge in [-0.2, -0.15) is 0 Å². The number of fused-ring (bicyclic) bond motifs is 2. The first-order valence-electron chi connectivity index (χ1n) is 6.05. The Morgan fingerprint density at radius 3 is 2.69 bits per heavy atom. The molecule has 2 aliphatic rings. The predicted octanol–water partition coefficient (Wildman–Crippen LogP) is 5.43. The standard InChI is InChI=1S/C13H16Cl2S/c1-7-4-11(16-13(7)15)12(14)10-6-8-2-3-9(10)5-8/h4,8-10,12H,2-3,5-6H2,1H3. The van der Waals surface area contributed by atoms with Crippen LogP contribution in [0.5, 0.6) is 0 Å². The molecule has 2 fully saturated rings. The van der Waals surface area contributed by atoms with E-state index in [2.05, 4.69) is 13.0 Å². The second kappa shape index (κ2) is 4.19. The lowest BCUT2D eigenvalue weighted by atomic mass is 9.85. The number of alkyl halides is 1. The largest absolute Gasteiger partial charge is 0.127 e. The molecule has 0 amide bonds. The van der Waals surface area contributed by atoms with Gasteiger partial charge in [-0.05, 0) is 55.6 Å². The van der Waals surface area contributed by atoms with Crippen molar-refractivity contribution in [3.8, 4) is 0 Å². The van der Waals surface area contributed by atoms with Crippen molar-refractivity contribution in [1.82, 2.24) is 0 Å². The zero-order valence-corrected chi connectivity index (χ0v) is 11.7. The summed E-state index contributed by atoms with van der Waals surface area (Å²) in [5.74, 6) is 2.55. The minimum absolute atomic E-state index is 0.200. The molecular formula is C13H16Cl2S. The van der Waals surface area contributed by atoms with Crippen molar-refractivity contribution in [1.29, 1.82) is 0 Å². The van der Waals surface area contributed by atoms with Gasteiger partial charge in [0.1, 0.15) is 0 Å². The fourth-order valence-corrected chi connectivity index (χ4v) is 5.26. The van der Waals surface area contributed by atoms with Crippen molar-refractivity contribution in [3.05, 3.63) is 20.8 Å². The lowest BCUT2D eigenvalue weighted by Gasteiger charge is -2.25. The van der Waals surface area contributed by atoms with Gasteiger partial charge in [-0.15, -0.1) is 22.9 Å². The van der Waals surface area contributed by atoms with Crippen LogP contribution in [0.15, 0.2) is 6.07 Å². The van der Waals surface area contributed by atoms with Gasteiger partial charge in [0.05, 0.1) is 9.71 Å². The van der Waals surface area contributed by atoms with Crippen LogP contribution in [0.2, 0.25) is 4.34 Å². The molecule has 1 aromatic rings. The van der Waals surface area contributed by atoms with Crippen LogP contribution in [-0.2, 0) is 0 Å². The average molecular weight is 275 g/mol. The number of halogens is 2. The van der Waals surface area contributed by atoms with Gasteiger partial charge < -0.3 is 0 Å². The molecule has 3 rings (SSSR count). The molecule has 0 spiro atoms. The predicted molar refractivity (Wildman–Crippen MR) is 71.6 cm³/mol. The summed E-state index contributed by atoms with van der Waals surface area (Å²) >= 11 is 14.4. The third kappa shape index (κ3) is 1.81. The summed E-state index contributed by atoms with van der Waals surface area (Å²) < 4.78 is 0.906. The Bertz CT molecular complexity index is 379. The van der Waals surface area contributed by atoms with Gasteiger partial charge in [0.15, 0.2) is 0 Å². The molecule has 1 heterocycles. The smallest absolute Gasteiger partial charge is 0.0960 e. The highest BCUT2D eigenvalue weighted by atomic mass is 35.5. The fourth-order valence-electron chi connectivity index (χ4n) is 3.48. The summed E-state index contributed by atoms with van der Waals surface area (Å²) in [7, 11) is 0. The first-order chi connectivity index (χ1) is 7.65. The van der Waals surface area contributed by atoms with E-state index < -0.39 is 0 Å². The number of thiophene rings is 1. The summed E-state index contributed by atoms with van der Waals surface area (Å²) in [6, 6.07) is 2.18. The quantitative estimate of drug-likeness (QED) is 0.632. The minimum Gasteiger partial charge on any atom is -0.127 e. The van der Waals surface area contributed by atoms with Crippen LogP contribution in [0.25, 0.3) is 0 Å². The molecule has 0 radical (unpaired) electrons. The maximum absolute atomic E-state index is 6.64. The molecule has 0 saturated heterocycles. The van der Waals surface area contributed by atoms with E-state index in [1.165, 1.54) is 36.1 Å². The summed E-state index contributed by atoms with van der Waals surface area (Å²) in [6.45, 7) is 2.06. The molecule has 3 heteroatoms. The minimum atomic E-state index is 0.200. The summed E-state index contributed by atoms with van der Waals surface area (Å²) in [6.07, 6.45) is 5.60. The van der Waals surface area contributed by atoms with E-state index in [1.807, 2.05) is 0 Å². The number of hydrogen-bond donors (Lipinski definition) is 0. The molecular weight excluding hydrogens is 259 g/mol. The number of hydrogen-bond acceptors (Lipinski definition) is 1. The second-order valence-electron chi connectivity index (χ2n) is 5.35. The van der Waals surface area contributed by atoms with Gasteiger partial charge >= 0.3 is 0 Å². The third-order valence-corrected chi connectivity index (χ3v) is 6.64. The van der Waals surface area contributed by atoms with E-state index in [0.29, 0.717) is 5.92 Å². The van der Waals surface area contributed by atoms with Crippen LogP contribution in [0.4, 0.5) is 0 Å². The van der Waals surface area contributed by atoms with E-state index in [0.717, 1.165) is 16.2 Å². The van der Waals surface area contributed by atoms with E-state index >= 15 is 0 Å². The molecule has 88 valence electrons. The normalized spacial score (nSPS) is 34.6. The lowest BCUT2D eigenvalue weighted by molar-refractivity contribution is 0.325. The first kappa shape index (κ1) is 11.4. The highest BCUT2D eigenvalue weighted by Gasteiger charge is 2.43. The summed E-state index contributed by atoms with van der Waals surface area (Å²) in [5.41, 5.74) is 1.18. The maximum Gasteiger partial charge on any atom is 0.0960 e. The van der Waals surface area contributed by atoms with Gasteiger partial charge in [-0.1, -0.05) is 18.0 Å². The molecule has 2 saturated carbocycles. The van der Waals surface area contributed by atoms with Crippen LogP contribution in [0.3, 0.4) is 0 Å². The van der Waals surface area contributed by atoms with E-state index in [4.69, 9.17) is 23.2 Å². The van der Waals surface area contributed by atoms with Gasteiger partial charge in [0, 0.05) is 4.88 Å².